The molecule has 0 spiro atoms. The van der Waals surface area contributed by atoms with Gasteiger partial charge in [-0.2, -0.15) is 0 Å². The SMILES string of the molecule is CCCCCCC(O)/C=C/c1ccccc1[N+](=O)[O-]. The number of benzene rings is 1. The molecule has 1 aromatic carbocycles. The largest absolute Gasteiger partial charge is 0.389 e. The minimum atomic E-state index is -0.531. The molecule has 104 valence electrons. The molecule has 4 heteroatoms. The van der Waals surface area contributed by atoms with Crippen molar-refractivity contribution in [3.8, 4) is 0 Å². The lowest BCUT2D eigenvalue weighted by molar-refractivity contribution is -0.385. The minimum Gasteiger partial charge on any atom is -0.389 e. The molecule has 0 aromatic heterocycles. The molecule has 0 amide bonds. The number of hydrogen-bond acceptors (Lipinski definition) is 3. The topological polar surface area (TPSA) is 63.4 Å². The van der Waals surface area contributed by atoms with E-state index in [0.29, 0.717) is 12.0 Å². The normalized spacial score (nSPS) is 12.7. The van der Waals surface area contributed by atoms with Gasteiger partial charge in [-0.05, 0) is 18.6 Å². The van der Waals surface area contributed by atoms with Crippen molar-refractivity contribution in [2.45, 2.75) is 45.1 Å². The first-order valence-corrected chi connectivity index (χ1v) is 6.75. The number of unbranched alkanes of at least 4 members (excludes halogenated alkanes) is 3. The van der Waals surface area contributed by atoms with E-state index >= 15 is 0 Å². The summed E-state index contributed by atoms with van der Waals surface area (Å²) in [6.45, 7) is 2.14. The van der Waals surface area contributed by atoms with Crippen LogP contribution in [0.3, 0.4) is 0 Å². The van der Waals surface area contributed by atoms with Gasteiger partial charge >= 0.3 is 0 Å². The molecule has 1 rings (SSSR count). The first-order valence-electron chi connectivity index (χ1n) is 6.75. The molecule has 19 heavy (non-hydrogen) atoms. The Bertz CT molecular complexity index is 429. The van der Waals surface area contributed by atoms with Crippen LogP contribution in [-0.2, 0) is 0 Å². The molecule has 1 unspecified atom stereocenters. The molecule has 1 aromatic rings. The number of hydrogen-bond donors (Lipinski definition) is 1. The third kappa shape index (κ3) is 5.66. The number of nitro benzene ring substituents is 1. The molecule has 1 atom stereocenters. The molecular weight excluding hydrogens is 242 g/mol. The number of aliphatic hydroxyl groups is 1. The van der Waals surface area contributed by atoms with Crippen LogP contribution in [0.25, 0.3) is 6.08 Å². The number of nitro groups is 1. The summed E-state index contributed by atoms with van der Waals surface area (Å²) in [6.07, 6.45) is 7.89. The van der Waals surface area contributed by atoms with Gasteiger partial charge in [0.2, 0.25) is 0 Å². The maximum Gasteiger partial charge on any atom is 0.276 e. The third-order valence-electron chi connectivity index (χ3n) is 2.98. The lowest BCUT2D eigenvalue weighted by atomic mass is 10.1. The number of rotatable bonds is 8. The zero-order chi connectivity index (χ0) is 14.1. The third-order valence-corrected chi connectivity index (χ3v) is 2.98. The van der Waals surface area contributed by atoms with Crippen LogP contribution < -0.4 is 0 Å². The Morgan fingerprint density at radius 3 is 2.74 bits per heavy atom. The van der Waals surface area contributed by atoms with Crippen molar-refractivity contribution in [1.82, 2.24) is 0 Å². The second-order valence-corrected chi connectivity index (χ2v) is 4.59. The molecule has 4 nitrogen and oxygen atoms in total. The quantitative estimate of drug-likeness (QED) is 0.439. The molecule has 0 aliphatic carbocycles. The second kappa shape index (κ2) is 8.43. The lowest BCUT2D eigenvalue weighted by Crippen LogP contribution is -2.01. The highest BCUT2D eigenvalue weighted by atomic mass is 16.6. The van der Waals surface area contributed by atoms with E-state index in [-0.39, 0.29) is 5.69 Å². The molecular formula is C15H21NO3. The zero-order valence-electron chi connectivity index (χ0n) is 11.3. The molecule has 0 aliphatic rings. The highest BCUT2D eigenvalue weighted by Gasteiger charge is 2.09. The van der Waals surface area contributed by atoms with Crippen LogP contribution in [0.1, 0.15) is 44.6 Å². The van der Waals surface area contributed by atoms with Gasteiger partial charge in [-0.1, -0.05) is 50.8 Å². The Morgan fingerprint density at radius 2 is 2.05 bits per heavy atom. The monoisotopic (exact) mass is 263 g/mol. The van der Waals surface area contributed by atoms with Crippen molar-refractivity contribution < 1.29 is 10.0 Å². The zero-order valence-corrected chi connectivity index (χ0v) is 11.3. The van der Waals surface area contributed by atoms with Crippen molar-refractivity contribution in [2.24, 2.45) is 0 Å². The summed E-state index contributed by atoms with van der Waals surface area (Å²) >= 11 is 0. The van der Waals surface area contributed by atoms with Crippen LogP contribution in [0.4, 0.5) is 5.69 Å². The van der Waals surface area contributed by atoms with Crippen molar-refractivity contribution >= 4 is 11.8 Å². The van der Waals surface area contributed by atoms with Crippen LogP contribution in [0.5, 0.6) is 0 Å². The average molecular weight is 263 g/mol. The van der Waals surface area contributed by atoms with Gasteiger partial charge in [-0.15, -0.1) is 0 Å². The number of para-hydroxylation sites is 1. The van der Waals surface area contributed by atoms with Gasteiger partial charge in [0.25, 0.3) is 5.69 Å². The molecule has 0 bridgehead atoms. The molecule has 0 saturated carbocycles. The summed E-state index contributed by atoms with van der Waals surface area (Å²) in [7, 11) is 0. The summed E-state index contributed by atoms with van der Waals surface area (Å²) in [5.74, 6) is 0. The van der Waals surface area contributed by atoms with E-state index in [0.717, 1.165) is 12.8 Å². The van der Waals surface area contributed by atoms with Gasteiger partial charge in [-0.3, -0.25) is 10.1 Å². The van der Waals surface area contributed by atoms with Crippen LogP contribution in [0.15, 0.2) is 30.3 Å². The van der Waals surface area contributed by atoms with Gasteiger partial charge in [0.15, 0.2) is 0 Å². The van der Waals surface area contributed by atoms with Gasteiger partial charge in [0, 0.05) is 6.07 Å². The Balaban J connectivity index is 2.54. The van der Waals surface area contributed by atoms with Gasteiger partial charge in [-0.25, -0.2) is 0 Å². The fraction of sp³-hybridized carbons (Fsp3) is 0.467. The molecule has 0 heterocycles. The van der Waals surface area contributed by atoms with Crippen LogP contribution in [-0.4, -0.2) is 16.1 Å². The van der Waals surface area contributed by atoms with E-state index in [1.165, 1.54) is 18.9 Å². The Morgan fingerprint density at radius 1 is 1.32 bits per heavy atom. The lowest BCUT2D eigenvalue weighted by Gasteiger charge is -2.04. The summed E-state index contributed by atoms with van der Waals surface area (Å²) in [6, 6.07) is 6.53. The Labute approximate surface area is 113 Å². The predicted molar refractivity (Wildman–Crippen MR) is 76.9 cm³/mol. The van der Waals surface area contributed by atoms with E-state index in [4.69, 9.17) is 0 Å². The van der Waals surface area contributed by atoms with Gasteiger partial charge < -0.3 is 5.11 Å². The maximum absolute atomic E-state index is 10.8. The van der Waals surface area contributed by atoms with E-state index in [9.17, 15) is 15.2 Å². The Hall–Kier alpha value is -1.68. The molecule has 0 saturated heterocycles. The standard InChI is InChI=1S/C15H21NO3/c1-2-3-4-5-9-14(17)12-11-13-8-6-7-10-15(13)16(18)19/h6-8,10-12,14,17H,2-5,9H2,1H3/b12-11+. The van der Waals surface area contributed by atoms with Crippen molar-refractivity contribution in [3.05, 3.63) is 46.0 Å². The fourth-order valence-electron chi connectivity index (χ4n) is 1.89. The molecule has 0 radical (unpaired) electrons. The summed E-state index contributed by atoms with van der Waals surface area (Å²) < 4.78 is 0. The minimum absolute atomic E-state index is 0.0666. The molecule has 0 aliphatic heterocycles. The number of nitrogens with zero attached hydrogens (tertiary/aromatic N) is 1. The summed E-state index contributed by atoms with van der Waals surface area (Å²) in [4.78, 5) is 10.4. The van der Waals surface area contributed by atoms with Crippen LogP contribution in [0, 0.1) is 10.1 Å². The molecule has 1 N–H and O–H groups in total. The highest BCUT2D eigenvalue weighted by molar-refractivity contribution is 5.60. The first kappa shape index (κ1) is 15.4. The first-order chi connectivity index (χ1) is 9.15. The van der Waals surface area contributed by atoms with Crippen LogP contribution in [0.2, 0.25) is 0 Å². The smallest absolute Gasteiger partial charge is 0.276 e. The number of aliphatic hydroxyl groups excluding tert-OH is 1. The summed E-state index contributed by atoms with van der Waals surface area (Å²) in [5.41, 5.74) is 0.594. The van der Waals surface area contributed by atoms with Crippen molar-refractivity contribution in [2.75, 3.05) is 0 Å². The Kier molecular flexibility index (Phi) is 6.82. The van der Waals surface area contributed by atoms with Gasteiger partial charge in [0.05, 0.1) is 16.6 Å². The second-order valence-electron chi connectivity index (χ2n) is 4.59. The van der Waals surface area contributed by atoms with E-state index in [2.05, 4.69) is 6.92 Å². The fourth-order valence-corrected chi connectivity index (χ4v) is 1.89. The highest BCUT2D eigenvalue weighted by Crippen LogP contribution is 2.19. The summed E-state index contributed by atoms with van der Waals surface area (Å²) in [5, 5.41) is 20.6. The maximum atomic E-state index is 10.8. The van der Waals surface area contributed by atoms with Crippen LogP contribution >= 0.6 is 0 Å². The van der Waals surface area contributed by atoms with Crippen molar-refractivity contribution in [1.29, 1.82) is 0 Å². The van der Waals surface area contributed by atoms with Crippen molar-refractivity contribution in [3.63, 3.8) is 0 Å². The predicted octanol–water partition coefficient (Wildman–Crippen LogP) is 3.94. The van der Waals surface area contributed by atoms with E-state index in [1.807, 2.05) is 0 Å². The van der Waals surface area contributed by atoms with E-state index < -0.39 is 11.0 Å². The van der Waals surface area contributed by atoms with E-state index in [1.54, 1.807) is 30.4 Å². The van der Waals surface area contributed by atoms with Gasteiger partial charge in [0.1, 0.15) is 0 Å². The average Bonchev–Trinajstić information content (AvgIpc) is 2.41. The molecule has 0 fully saturated rings.